The number of hydrogen-bond acceptors (Lipinski definition) is 3. The molecule has 0 bridgehead atoms. The van der Waals surface area contributed by atoms with Crippen LogP contribution in [0.2, 0.25) is 0 Å². The van der Waals surface area contributed by atoms with Crippen molar-refractivity contribution in [1.29, 1.82) is 0 Å². The summed E-state index contributed by atoms with van der Waals surface area (Å²) in [6, 6.07) is 6.78. The van der Waals surface area contributed by atoms with Gasteiger partial charge in [-0.15, -0.1) is 0 Å². The van der Waals surface area contributed by atoms with E-state index < -0.39 is 0 Å². The predicted octanol–water partition coefficient (Wildman–Crippen LogP) is 3.76. The van der Waals surface area contributed by atoms with Crippen LogP contribution in [0.15, 0.2) is 22.7 Å². The zero-order chi connectivity index (χ0) is 15.2. The number of nitrogens with one attached hydrogen (secondary N) is 1. The van der Waals surface area contributed by atoms with Gasteiger partial charge < -0.3 is 16.0 Å². The Morgan fingerprint density at radius 3 is 2.95 bits per heavy atom. The summed E-state index contributed by atoms with van der Waals surface area (Å²) < 4.78 is 0.949. The van der Waals surface area contributed by atoms with Gasteiger partial charge in [-0.3, -0.25) is 0 Å². The van der Waals surface area contributed by atoms with Crippen LogP contribution in [-0.2, 0) is 0 Å². The Morgan fingerprint density at radius 2 is 2.29 bits per heavy atom. The van der Waals surface area contributed by atoms with Crippen molar-refractivity contribution in [2.24, 2.45) is 5.73 Å². The van der Waals surface area contributed by atoms with E-state index in [9.17, 15) is 0 Å². The Bertz CT molecular complexity index is 492. The molecule has 1 aromatic carbocycles. The van der Waals surface area contributed by atoms with E-state index in [0.717, 1.165) is 28.3 Å². The summed E-state index contributed by atoms with van der Waals surface area (Å²) in [5, 5.41) is 3.47. The van der Waals surface area contributed by atoms with Crippen molar-refractivity contribution in [2.75, 3.05) is 25.0 Å². The third kappa shape index (κ3) is 4.94. The minimum atomic E-state index is 0.424. The lowest BCUT2D eigenvalue weighted by Crippen LogP contribution is -2.38. The molecule has 0 radical (unpaired) electrons. The summed E-state index contributed by atoms with van der Waals surface area (Å²) >= 11 is 8.52. The third-order valence-corrected chi connectivity index (χ3v) is 5.00. The molecule has 2 rings (SSSR count). The van der Waals surface area contributed by atoms with Crippen molar-refractivity contribution < 1.29 is 0 Å². The molecule has 1 fully saturated rings. The molecule has 0 saturated carbocycles. The van der Waals surface area contributed by atoms with Crippen molar-refractivity contribution in [3.63, 3.8) is 0 Å². The number of piperidine rings is 1. The highest BCUT2D eigenvalue weighted by molar-refractivity contribution is 9.10. The maximum atomic E-state index is 5.66. The number of anilines is 1. The van der Waals surface area contributed by atoms with Gasteiger partial charge in [0, 0.05) is 34.9 Å². The van der Waals surface area contributed by atoms with Crippen molar-refractivity contribution in [2.45, 2.75) is 38.6 Å². The molecule has 1 aliphatic rings. The van der Waals surface area contributed by atoms with Crippen LogP contribution >= 0.6 is 28.1 Å². The SMILES string of the molecule is CC1CCCCN1CCCNc1ccc(C(N)=S)c(Br)c1. The van der Waals surface area contributed by atoms with Crippen LogP contribution < -0.4 is 11.1 Å². The summed E-state index contributed by atoms with van der Waals surface area (Å²) in [7, 11) is 0. The highest BCUT2D eigenvalue weighted by Gasteiger charge is 2.16. The van der Waals surface area contributed by atoms with E-state index in [2.05, 4.69) is 33.1 Å². The van der Waals surface area contributed by atoms with E-state index in [1.807, 2.05) is 18.2 Å². The molecule has 0 aromatic heterocycles. The summed E-state index contributed by atoms with van der Waals surface area (Å²) in [4.78, 5) is 3.03. The van der Waals surface area contributed by atoms with E-state index >= 15 is 0 Å². The Balaban J connectivity index is 1.76. The van der Waals surface area contributed by atoms with Crippen LogP contribution in [0.25, 0.3) is 0 Å². The fourth-order valence-corrected chi connectivity index (χ4v) is 3.73. The average molecular weight is 370 g/mol. The van der Waals surface area contributed by atoms with Crippen LogP contribution in [0.4, 0.5) is 5.69 Å². The maximum absolute atomic E-state index is 5.66. The van der Waals surface area contributed by atoms with Gasteiger partial charge in [0.2, 0.25) is 0 Å². The van der Waals surface area contributed by atoms with Crippen molar-refractivity contribution in [3.05, 3.63) is 28.2 Å². The fraction of sp³-hybridized carbons (Fsp3) is 0.562. The number of halogens is 1. The molecule has 1 aromatic rings. The minimum Gasteiger partial charge on any atom is -0.389 e. The number of nitrogens with zero attached hydrogens (tertiary/aromatic N) is 1. The van der Waals surface area contributed by atoms with Gasteiger partial charge in [0.1, 0.15) is 4.99 Å². The Kier molecular flexibility index (Phi) is 6.45. The molecule has 1 atom stereocenters. The first kappa shape index (κ1) is 16.7. The van der Waals surface area contributed by atoms with Crippen molar-refractivity contribution in [1.82, 2.24) is 4.90 Å². The fourth-order valence-electron chi connectivity index (χ4n) is 2.83. The van der Waals surface area contributed by atoms with E-state index in [-0.39, 0.29) is 0 Å². The molecule has 3 N–H and O–H groups in total. The van der Waals surface area contributed by atoms with Gasteiger partial charge in [0.05, 0.1) is 0 Å². The van der Waals surface area contributed by atoms with Gasteiger partial charge in [-0.05, 0) is 66.9 Å². The minimum absolute atomic E-state index is 0.424. The quantitative estimate of drug-likeness (QED) is 0.591. The Hall–Kier alpha value is -0.650. The second-order valence-corrected chi connectivity index (χ2v) is 7.01. The monoisotopic (exact) mass is 369 g/mol. The van der Waals surface area contributed by atoms with Crippen molar-refractivity contribution in [3.8, 4) is 0 Å². The molecule has 116 valence electrons. The lowest BCUT2D eigenvalue weighted by atomic mass is 10.0. The number of thiocarbonyl (C=S) groups is 1. The van der Waals surface area contributed by atoms with E-state index in [1.165, 1.54) is 38.8 Å². The van der Waals surface area contributed by atoms with Gasteiger partial charge in [-0.2, -0.15) is 0 Å². The van der Waals surface area contributed by atoms with Gasteiger partial charge >= 0.3 is 0 Å². The van der Waals surface area contributed by atoms with Crippen LogP contribution in [0.3, 0.4) is 0 Å². The van der Waals surface area contributed by atoms with E-state index in [1.54, 1.807) is 0 Å². The molecule has 5 heteroatoms. The molecule has 3 nitrogen and oxygen atoms in total. The lowest BCUT2D eigenvalue weighted by Gasteiger charge is -2.33. The third-order valence-electron chi connectivity index (χ3n) is 4.13. The molecule has 0 aliphatic carbocycles. The van der Waals surface area contributed by atoms with Crippen LogP contribution in [0, 0.1) is 0 Å². The largest absolute Gasteiger partial charge is 0.389 e. The zero-order valence-corrected chi connectivity index (χ0v) is 15.0. The molecule has 0 spiro atoms. The number of hydrogen-bond donors (Lipinski definition) is 2. The van der Waals surface area contributed by atoms with Gasteiger partial charge in [-0.1, -0.05) is 18.6 Å². The molecule has 1 heterocycles. The summed E-state index contributed by atoms with van der Waals surface area (Å²) in [6.45, 7) is 5.77. The molecule has 1 saturated heterocycles. The molecule has 1 unspecified atom stereocenters. The topological polar surface area (TPSA) is 41.3 Å². The Morgan fingerprint density at radius 1 is 1.48 bits per heavy atom. The van der Waals surface area contributed by atoms with Crippen LogP contribution in [0.1, 0.15) is 38.2 Å². The summed E-state index contributed by atoms with van der Waals surface area (Å²) in [5.41, 5.74) is 7.65. The van der Waals surface area contributed by atoms with E-state index in [4.69, 9.17) is 18.0 Å². The van der Waals surface area contributed by atoms with Gasteiger partial charge in [0.25, 0.3) is 0 Å². The molecule has 0 amide bonds. The first-order valence-electron chi connectivity index (χ1n) is 7.65. The molecular formula is C16H24BrN3S. The number of benzene rings is 1. The number of rotatable bonds is 6. The normalized spacial score (nSPS) is 19.4. The zero-order valence-electron chi connectivity index (χ0n) is 12.6. The average Bonchev–Trinajstić information content (AvgIpc) is 2.45. The van der Waals surface area contributed by atoms with Crippen molar-refractivity contribution >= 4 is 38.8 Å². The Labute approximate surface area is 141 Å². The molecule has 21 heavy (non-hydrogen) atoms. The standard InChI is InChI=1S/C16H24BrN3S/c1-12-5-2-3-9-20(12)10-4-8-19-13-6-7-14(16(18)21)15(17)11-13/h6-7,11-12,19H,2-5,8-10H2,1H3,(H2,18,21). The summed E-state index contributed by atoms with van der Waals surface area (Å²) in [6.07, 6.45) is 5.25. The second kappa shape index (κ2) is 8.11. The van der Waals surface area contributed by atoms with Gasteiger partial charge in [0.15, 0.2) is 0 Å². The molecular weight excluding hydrogens is 346 g/mol. The maximum Gasteiger partial charge on any atom is 0.105 e. The lowest BCUT2D eigenvalue weighted by molar-refractivity contribution is 0.160. The second-order valence-electron chi connectivity index (χ2n) is 5.72. The number of nitrogens with two attached hydrogens (primary N) is 1. The highest BCUT2D eigenvalue weighted by atomic mass is 79.9. The molecule has 1 aliphatic heterocycles. The smallest absolute Gasteiger partial charge is 0.105 e. The first-order valence-corrected chi connectivity index (χ1v) is 8.85. The number of likely N-dealkylation sites (tertiary alicyclic amines) is 1. The van der Waals surface area contributed by atoms with E-state index in [0.29, 0.717) is 4.99 Å². The van der Waals surface area contributed by atoms with Gasteiger partial charge in [-0.25, -0.2) is 0 Å². The van der Waals surface area contributed by atoms with Crippen LogP contribution in [0.5, 0.6) is 0 Å². The first-order chi connectivity index (χ1) is 10.1. The highest BCUT2D eigenvalue weighted by Crippen LogP contribution is 2.21. The summed E-state index contributed by atoms with van der Waals surface area (Å²) in [5.74, 6) is 0. The predicted molar refractivity (Wildman–Crippen MR) is 98.0 cm³/mol. The van der Waals surface area contributed by atoms with Crippen LogP contribution in [-0.4, -0.2) is 35.6 Å².